The summed E-state index contributed by atoms with van der Waals surface area (Å²) in [5, 5.41) is 9.27. The quantitative estimate of drug-likeness (QED) is 0.890. The molecule has 0 amide bonds. The van der Waals surface area contributed by atoms with Gasteiger partial charge in [0.05, 0.1) is 17.2 Å². The molecular weight excluding hydrogens is 250 g/mol. The molecule has 2 heterocycles. The fraction of sp³-hybridized carbons (Fsp3) is 0.700. The summed E-state index contributed by atoms with van der Waals surface area (Å²) in [6.07, 6.45) is -0.643. The van der Waals surface area contributed by atoms with E-state index in [0.717, 1.165) is 10.6 Å². The molecule has 1 fully saturated rings. The van der Waals surface area contributed by atoms with E-state index in [1.54, 1.807) is 0 Å². The van der Waals surface area contributed by atoms with Crippen molar-refractivity contribution >= 4 is 22.9 Å². The molecule has 2 atom stereocenters. The van der Waals surface area contributed by atoms with Gasteiger partial charge in [-0.2, -0.15) is 0 Å². The van der Waals surface area contributed by atoms with Gasteiger partial charge < -0.3 is 14.6 Å². The zero-order chi connectivity index (χ0) is 11.9. The molecule has 16 heavy (non-hydrogen) atoms. The number of aliphatic hydroxyl groups is 1. The van der Waals surface area contributed by atoms with Crippen molar-refractivity contribution < 1.29 is 14.6 Å². The Labute approximate surface area is 103 Å². The minimum absolute atomic E-state index is 0.0803. The van der Waals surface area contributed by atoms with Crippen LogP contribution in [-0.4, -0.2) is 28.6 Å². The van der Waals surface area contributed by atoms with Gasteiger partial charge in [-0.15, -0.1) is 11.3 Å². The van der Waals surface area contributed by atoms with Crippen molar-refractivity contribution in [3.63, 3.8) is 0 Å². The Bertz CT molecular complexity index is 393. The molecule has 0 aliphatic carbocycles. The number of hydrogen-bond acceptors (Lipinski definition) is 5. The van der Waals surface area contributed by atoms with Crippen LogP contribution in [0.15, 0.2) is 0 Å². The molecule has 6 heteroatoms. The molecule has 1 N–H and O–H groups in total. The molecule has 0 aromatic carbocycles. The van der Waals surface area contributed by atoms with E-state index >= 15 is 0 Å². The molecule has 0 bridgehead atoms. The number of nitrogens with zero attached hydrogens (tertiary/aromatic N) is 1. The minimum Gasteiger partial charge on any atom is -0.394 e. The Morgan fingerprint density at radius 3 is 2.69 bits per heavy atom. The first-order valence-electron chi connectivity index (χ1n) is 5.02. The van der Waals surface area contributed by atoms with E-state index < -0.39 is 5.79 Å². The van der Waals surface area contributed by atoms with Crippen molar-refractivity contribution in [2.24, 2.45) is 0 Å². The van der Waals surface area contributed by atoms with Gasteiger partial charge in [-0.1, -0.05) is 11.6 Å². The fourth-order valence-corrected chi connectivity index (χ4v) is 3.08. The summed E-state index contributed by atoms with van der Waals surface area (Å²) in [7, 11) is 0. The first-order chi connectivity index (χ1) is 7.43. The lowest BCUT2D eigenvalue weighted by Crippen LogP contribution is -2.23. The van der Waals surface area contributed by atoms with E-state index in [-0.39, 0.29) is 18.8 Å². The molecule has 0 radical (unpaired) electrons. The second-order valence-corrected chi connectivity index (χ2v) is 5.81. The number of thiazole rings is 1. The molecule has 1 aliphatic heterocycles. The van der Waals surface area contributed by atoms with Crippen molar-refractivity contribution in [3.05, 3.63) is 15.0 Å². The van der Waals surface area contributed by atoms with Crippen molar-refractivity contribution in [2.75, 3.05) is 6.61 Å². The predicted molar refractivity (Wildman–Crippen MR) is 61.7 cm³/mol. The molecule has 0 saturated carbocycles. The number of rotatable bonds is 2. The lowest BCUT2D eigenvalue weighted by Gasteiger charge is -2.16. The van der Waals surface area contributed by atoms with Crippen molar-refractivity contribution in [3.8, 4) is 0 Å². The maximum absolute atomic E-state index is 9.27. The van der Waals surface area contributed by atoms with Gasteiger partial charge in [0, 0.05) is 0 Å². The number of aromatic nitrogens is 1. The van der Waals surface area contributed by atoms with Crippen LogP contribution in [0.25, 0.3) is 0 Å². The highest BCUT2D eigenvalue weighted by Crippen LogP contribution is 2.42. The van der Waals surface area contributed by atoms with Gasteiger partial charge in [-0.3, -0.25) is 0 Å². The molecule has 4 nitrogen and oxygen atoms in total. The average Bonchev–Trinajstić information content (AvgIpc) is 2.65. The van der Waals surface area contributed by atoms with Crippen molar-refractivity contribution in [2.45, 2.75) is 38.8 Å². The van der Waals surface area contributed by atoms with Gasteiger partial charge >= 0.3 is 0 Å². The summed E-state index contributed by atoms with van der Waals surface area (Å²) in [4.78, 5) is 5.06. The van der Waals surface area contributed by atoms with Crippen LogP contribution in [0.4, 0.5) is 0 Å². The lowest BCUT2D eigenvalue weighted by molar-refractivity contribution is -0.149. The third-order valence-electron chi connectivity index (χ3n) is 2.43. The number of hydrogen-bond donors (Lipinski definition) is 1. The lowest BCUT2D eigenvalue weighted by atomic mass is 10.1. The smallest absolute Gasteiger partial charge is 0.184 e. The van der Waals surface area contributed by atoms with Gasteiger partial charge in [0.15, 0.2) is 10.3 Å². The van der Waals surface area contributed by atoms with Gasteiger partial charge in [0.2, 0.25) is 0 Å². The Morgan fingerprint density at radius 1 is 1.50 bits per heavy atom. The topological polar surface area (TPSA) is 51.6 Å². The maximum Gasteiger partial charge on any atom is 0.184 e. The Morgan fingerprint density at radius 2 is 2.19 bits per heavy atom. The van der Waals surface area contributed by atoms with Crippen molar-refractivity contribution in [1.82, 2.24) is 4.98 Å². The van der Waals surface area contributed by atoms with Crippen LogP contribution in [0.3, 0.4) is 0 Å². The first-order valence-corrected chi connectivity index (χ1v) is 6.22. The van der Waals surface area contributed by atoms with Crippen LogP contribution >= 0.6 is 22.9 Å². The highest BCUT2D eigenvalue weighted by molar-refractivity contribution is 7.15. The minimum atomic E-state index is -0.680. The first kappa shape index (κ1) is 12.3. The number of aliphatic hydroxyl groups excluding tert-OH is 1. The molecule has 1 aromatic rings. The second-order valence-electron chi connectivity index (χ2n) is 4.19. The summed E-state index contributed by atoms with van der Waals surface area (Å²) in [5.41, 5.74) is 0.833. The van der Waals surface area contributed by atoms with Crippen LogP contribution < -0.4 is 0 Å². The number of ether oxygens (including phenoxy) is 2. The summed E-state index contributed by atoms with van der Waals surface area (Å²) in [6, 6.07) is 0. The highest BCUT2D eigenvalue weighted by Gasteiger charge is 2.43. The highest BCUT2D eigenvalue weighted by atomic mass is 35.5. The summed E-state index contributed by atoms with van der Waals surface area (Å²) in [6.45, 7) is 5.45. The van der Waals surface area contributed by atoms with Crippen LogP contribution in [0.2, 0.25) is 4.47 Å². The second kappa shape index (κ2) is 4.23. The number of aryl methyl sites for hydroxylation is 1. The molecule has 1 aliphatic rings. The predicted octanol–water partition coefficient (Wildman–Crippen LogP) is 2.29. The SMILES string of the molecule is Cc1nc(Cl)sc1[C@H]1OC(C)(C)OC1CO. The van der Waals surface area contributed by atoms with Crippen LogP contribution in [0.5, 0.6) is 0 Å². The van der Waals surface area contributed by atoms with Gasteiger partial charge in [0.25, 0.3) is 0 Å². The van der Waals surface area contributed by atoms with E-state index in [1.807, 2.05) is 20.8 Å². The van der Waals surface area contributed by atoms with E-state index in [4.69, 9.17) is 21.1 Å². The largest absolute Gasteiger partial charge is 0.394 e. The van der Waals surface area contributed by atoms with Crippen LogP contribution in [0, 0.1) is 6.92 Å². The number of halogens is 1. The normalized spacial score (nSPS) is 28.6. The third kappa shape index (κ3) is 2.24. The summed E-state index contributed by atoms with van der Waals surface area (Å²) >= 11 is 7.22. The Kier molecular flexibility index (Phi) is 3.25. The third-order valence-corrected chi connectivity index (χ3v) is 3.75. The Balaban J connectivity index is 2.30. The standard InChI is InChI=1S/C10H14ClNO3S/c1-5-8(16-9(11)12-5)7-6(4-13)14-10(2,3)15-7/h6-7,13H,4H2,1-3H3/t6?,7-/m0/s1. The van der Waals surface area contributed by atoms with Crippen LogP contribution in [0.1, 0.15) is 30.5 Å². The monoisotopic (exact) mass is 263 g/mol. The summed E-state index contributed by atoms with van der Waals surface area (Å²) in [5.74, 6) is -0.680. The molecule has 1 unspecified atom stereocenters. The zero-order valence-corrected chi connectivity index (χ0v) is 10.9. The fourth-order valence-electron chi connectivity index (χ4n) is 1.83. The van der Waals surface area contributed by atoms with Gasteiger partial charge in [-0.25, -0.2) is 4.98 Å². The van der Waals surface area contributed by atoms with E-state index in [9.17, 15) is 5.11 Å². The zero-order valence-electron chi connectivity index (χ0n) is 9.36. The van der Waals surface area contributed by atoms with Crippen LogP contribution in [-0.2, 0) is 9.47 Å². The summed E-state index contributed by atoms with van der Waals surface area (Å²) < 4.78 is 11.8. The Hall–Kier alpha value is -0.200. The van der Waals surface area contributed by atoms with E-state index in [1.165, 1.54) is 11.3 Å². The molecule has 0 spiro atoms. The van der Waals surface area contributed by atoms with E-state index in [0.29, 0.717) is 4.47 Å². The molecule has 1 saturated heterocycles. The van der Waals surface area contributed by atoms with E-state index in [2.05, 4.69) is 4.98 Å². The maximum atomic E-state index is 9.27. The van der Waals surface area contributed by atoms with Crippen molar-refractivity contribution in [1.29, 1.82) is 0 Å². The van der Waals surface area contributed by atoms with Gasteiger partial charge in [0.1, 0.15) is 12.2 Å². The molecular formula is C10H14ClNO3S. The molecule has 2 rings (SSSR count). The average molecular weight is 264 g/mol. The van der Waals surface area contributed by atoms with Gasteiger partial charge in [-0.05, 0) is 20.8 Å². The molecule has 90 valence electrons. The molecule has 1 aromatic heterocycles.